The summed E-state index contributed by atoms with van der Waals surface area (Å²) in [5.74, 6) is 1.20. The van der Waals surface area contributed by atoms with Gasteiger partial charge in [-0.1, -0.05) is 18.2 Å². The molecule has 1 amide bonds. The number of para-hydroxylation sites is 1. The van der Waals surface area contributed by atoms with Crippen molar-refractivity contribution in [2.45, 2.75) is 6.42 Å². The molecule has 2 N–H and O–H groups in total. The molecule has 0 unspecified atom stereocenters. The number of carbonyl (C=O) groups is 1. The van der Waals surface area contributed by atoms with E-state index < -0.39 is 0 Å². The van der Waals surface area contributed by atoms with Crippen LogP contribution in [0.5, 0.6) is 5.75 Å². The Hall–Kier alpha value is -1.55. The van der Waals surface area contributed by atoms with Gasteiger partial charge in [0.25, 0.3) is 0 Å². The van der Waals surface area contributed by atoms with E-state index in [1.54, 1.807) is 0 Å². The van der Waals surface area contributed by atoms with Crippen LogP contribution in [0.3, 0.4) is 0 Å². The Balaban J connectivity index is 1.53. The molecule has 0 bridgehead atoms. The third-order valence-electron chi connectivity index (χ3n) is 2.78. The predicted octanol–water partition coefficient (Wildman–Crippen LogP) is 0.791. The first-order chi connectivity index (χ1) is 8.36. The van der Waals surface area contributed by atoms with Gasteiger partial charge in [-0.2, -0.15) is 0 Å². The highest BCUT2D eigenvalue weighted by Gasteiger charge is 2.23. The first kappa shape index (κ1) is 11.9. The summed E-state index contributed by atoms with van der Waals surface area (Å²) in [6.45, 7) is 2.94. The van der Waals surface area contributed by atoms with E-state index in [9.17, 15) is 4.79 Å². The second kappa shape index (κ2) is 6.25. The lowest BCUT2D eigenvalue weighted by Gasteiger charge is -2.25. The summed E-state index contributed by atoms with van der Waals surface area (Å²) in [7, 11) is 0. The number of benzene rings is 1. The predicted molar refractivity (Wildman–Crippen MR) is 65.9 cm³/mol. The molecule has 0 saturated carbocycles. The highest BCUT2D eigenvalue weighted by atomic mass is 16.5. The molecular weight excluding hydrogens is 216 g/mol. The molecule has 1 aliphatic heterocycles. The van der Waals surface area contributed by atoms with E-state index in [1.807, 2.05) is 30.3 Å². The number of hydrogen-bond acceptors (Lipinski definition) is 3. The molecule has 1 aromatic carbocycles. The summed E-state index contributed by atoms with van der Waals surface area (Å²) < 4.78 is 5.52. The van der Waals surface area contributed by atoms with Crippen molar-refractivity contribution in [2.24, 2.45) is 5.92 Å². The molecule has 0 atom stereocenters. The Morgan fingerprint density at radius 2 is 2.12 bits per heavy atom. The second-order valence-electron chi connectivity index (χ2n) is 4.16. The van der Waals surface area contributed by atoms with Crippen molar-refractivity contribution < 1.29 is 9.53 Å². The standard InChI is InChI=1S/C13H18N2O2/c16-13(11-9-14-10-11)15-7-4-8-17-12-5-2-1-3-6-12/h1-3,5-6,11,14H,4,7-10H2,(H,15,16). The molecular formula is C13H18N2O2. The monoisotopic (exact) mass is 234 g/mol. The summed E-state index contributed by atoms with van der Waals surface area (Å²) in [5.41, 5.74) is 0. The molecule has 0 aliphatic carbocycles. The van der Waals surface area contributed by atoms with Gasteiger partial charge in [-0.25, -0.2) is 0 Å². The number of hydrogen-bond donors (Lipinski definition) is 2. The third-order valence-corrected chi connectivity index (χ3v) is 2.78. The van der Waals surface area contributed by atoms with Crippen molar-refractivity contribution >= 4 is 5.91 Å². The van der Waals surface area contributed by atoms with Crippen LogP contribution in [0.4, 0.5) is 0 Å². The molecule has 1 fully saturated rings. The van der Waals surface area contributed by atoms with Gasteiger partial charge in [-0.05, 0) is 18.6 Å². The van der Waals surface area contributed by atoms with Crippen molar-refractivity contribution in [3.05, 3.63) is 30.3 Å². The number of ether oxygens (including phenoxy) is 1. The maximum atomic E-state index is 11.5. The normalized spacial score (nSPS) is 15.1. The van der Waals surface area contributed by atoms with E-state index in [0.717, 1.165) is 25.3 Å². The van der Waals surface area contributed by atoms with Gasteiger partial charge >= 0.3 is 0 Å². The van der Waals surface area contributed by atoms with E-state index in [0.29, 0.717) is 13.2 Å². The van der Waals surface area contributed by atoms with E-state index in [2.05, 4.69) is 10.6 Å². The molecule has 17 heavy (non-hydrogen) atoms. The average molecular weight is 234 g/mol. The van der Waals surface area contributed by atoms with E-state index in [4.69, 9.17) is 4.74 Å². The lowest BCUT2D eigenvalue weighted by molar-refractivity contribution is -0.126. The lowest BCUT2D eigenvalue weighted by Crippen LogP contribution is -2.50. The van der Waals surface area contributed by atoms with Gasteiger partial charge < -0.3 is 15.4 Å². The minimum atomic E-state index is 0.156. The number of rotatable bonds is 6. The van der Waals surface area contributed by atoms with Crippen molar-refractivity contribution in [3.8, 4) is 5.75 Å². The fourth-order valence-corrected chi connectivity index (χ4v) is 1.61. The van der Waals surface area contributed by atoms with Gasteiger partial charge in [0.1, 0.15) is 5.75 Å². The molecule has 4 nitrogen and oxygen atoms in total. The van der Waals surface area contributed by atoms with Crippen molar-refractivity contribution in [1.82, 2.24) is 10.6 Å². The van der Waals surface area contributed by atoms with Crippen LogP contribution in [-0.2, 0) is 4.79 Å². The van der Waals surface area contributed by atoms with Crippen molar-refractivity contribution in [1.29, 1.82) is 0 Å². The first-order valence-corrected chi connectivity index (χ1v) is 6.02. The molecule has 2 rings (SSSR count). The molecule has 0 spiro atoms. The molecule has 1 aliphatic rings. The zero-order chi connectivity index (χ0) is 11.9. The summed E-state index contributed by atoms with van der Waals surface area (Å²) in [4.78, 5) is 11.5. The molecule has 0 radical (unpaired) electrons. The Labute approximate surface area is 101 Å². The fraction of sp³-hybridized carbons (Fsp3) is 0.462. The van der Waals surface area contributed by atoms with Gasteiger partial charge in [0.05, 0.1) is 12.5 Å². The van der Waals surface area contributed by atoms with Gasteiger partial charge in [0.15, 0.2) is 0 Å². The van der Waals surface area contributed by atoms with E-state index in [1.165, 1.54) is 0 Å². The van der Waals surface area contributed by atoms with Crippen LogP contribution in [0.1, 0.15) is 6.42 Å². The lowest BCUT2D eigenvalue weighted by atomic mass is 10.0. The highest BCUT2D eigenvalue weighted by molar-refractivity contribution is 5.79. The summed E-state index contributed by atoms with van der Waals surface area (Å²) in [5, 5.41) is 5.99. The Morgan fingerprint density at radius 1 is 1.35 bits per heavy atom. The smallest absolute Gasteiger partial charge is 0.225 e. The SMILES string of the molecule is O=C(NCCCOc1ccccc1)C1CNC1. The van der Waals surface area contributed by atoms with Gasteiger partial charge in [0, 0.05) is 19.6 Å². The highest BCUT2D eigenvalue weighted by Crippen LogP contribution is 2.08. The second-order valence-corrected chi connectivity index (χ2v) is 4.16. The van der Waals surface area contributed by atoms with Crippen LogP contribution in [0.2, 0.25) is 0 Å². The quantitative estimate of drug-likeness (QED) is 0.716. The fourth-order valence-electron chi connectivity index (χ4n) is 1.61. The third kappa shape index (κ3) is 3.75. The first-order valence-electron chi connectivity index (χ1n) is 6.02. The molecule has 1 heterocycles. The summed E-state index contributed by atoms with van der Waals surface area (Å²) >= 11 is 0. The van der Waals surface area contributed by atoms with E-state index in [-0.39, 0.29) is 11.8 Å². The van der Waals surface area contributed by atoms with Crippen molar-refractivity contribution in [2.75, 3.05) is 26.2 Å². The zero-order valence-corrected chi connectivity index (χ0v) is 9.82. The Morgan fingerprint density at radius 3 is 2.76 bits per heavy atom. The minimum Gasteiger partial charge on any atom is -0.494 e. The Kier molecular flexibility index (Phi) is 4.38. The minimum absolute atomic E-state index is 0.156. The van der Waals surface area contributed by atoms with E-state index >= 15 is 0 Å². The molecule has 4 heteroatoms. The number of amides is 1. The molecule has 1 aromatic rings. The zero-order valence-electron chi connectivity index (χ0n) is 9.82. The average Bonchev–Trinajstić information content (AvgIpc) is 2.27. The van der Waals surface area contributed by atoms with Gasteiger partial charge in [0.2, 0.25) is 5.91 Å². The molecule has 0 aromatic heterocycles. The summed E-state index contributed by atoms with van der Waals surface area (Å²) in [6, 6.07) is 9.71. The van der Waals surface area contributed by atoms with Gasteiger partial charge in [-0.15, -0.1) is 0 Å². The maximum Gasteiger partial charge on any atom is 0.225 e. The van der Waals surface area contributed by atoms with Crippen LogP contribution < -0.4 is 15.4 Å². The summed E-state index contributed by atoms with van der Waals surface area (Å²) in [6.07, 6.45) is 0.834. The van der Waals surface area contributed by atoms with Crippen LogP contribution >= 0.6 is 0 Å². The number of nitrogens with one attached hydrogen (secondary N) is 2. The van der Waals surface area contributed by atoms with Crippen molar-refractivity contribution in [3.63, 3.8) is 0 Å². The molecule has 92 valence electrons. The topological polar surface area (TPSA) is 50.4 Å². The van der Waals surface area contributed by atoms with Gasteiger partial charge in [-0.3, -0.25) is 4.79 Å². The van der Waals surface area contributed by atoms with Crippen LogP contribution in [0.25, 0.3) is 0 Å². The van der Waals surface area contributed by atoms with Crippen LogP contribution in [0, 0.1) is 5.92 Å². The maximum absolute atomic E-state index is 11.5. The van der Waals surface area contributed by atoms with Crippen LogP contribution in [-0.4, -0.2) is 32.1 Å². The van der Waals surface area contributed by atoms with Crippen LogP contribution in [0.15, 0.2) is 30.3 Å². The Bertz CT molecular complexity index is 350. The number of carbonyl (C=O) groups excluding carboxylic acids is 1. The largest absolute Gasteiger partial charge is 0.494 e. The molecule has 1 saturated heterocycles.